The maximum absolute atomic E-state index is 11.6. The van der Waals surface area contributed by atoms with Gasteiger partial charge in [0.15, 0.2) is 10.8 Å². The summed E-state index contributed by atoms with van der Waals surface area (Å²) in [7, 11) is 0. The quantitative estimate of drug-likeness (QED) is 0.867. The molecule has 2 rings (SSSR count). The third kappa shape index (κ3) is 2.85. The highest BCUT2D eigenvalue weighted by atomic mass is 32.1. The van der Waals surface area contributed by atoms with Crippen molar-refractivity contribution in [3.63, 3.8) is 0 Å². The molecule has 2 aromatic heterocycles. The largest absolute Gasteiger partial charge is 0.431 e. The molecule has 106 valence electrons. The molecule has 0 saturated carbocycles. The van der Waals surface area contributed by atoms with Gasteiger partial charge in [-0.15, -0.1) is 0 Å². The molecule has 20 heavy (non-hydrogen) atoms. The summed E-state index contributed by atoms with van der Waals surface area (Å²) in [4.78, 5) is 32.6. The lowest BCUT2D eigenvalue weighted by Crippen LogP contribution is -2.33. The molecule has 0 aromatic carbocycles. The summed E-state index contributed by atoms with van der Waals surface area (Å²) in [5.74, 6) is 0.418. The maximum atomic E-state index is 11.6. The SMILES string of the molecule is CCNC(=O)On1c(C(C)=O)ccc1-c1nc(C)ns1. The van der Waals surface area contributed by atoms with Crippen LogP contribution in [0.2, 0.25) is 0 Å². The number of carbonyl (C=O) groups is 2. The first kappa shape index (κ1) is 14.2. The van der Waals surface area contributed by atoms with E-state index in [1.807, 2.05) is 0 Å². The van der Waals surface area contributed by atoms with Crippen LogP contribution in [0.4, 0.5) is 4.79 Å². The topological polar surface area (TPSA) is 86.1 Å². The van der Waals surface area contributed by atoms with Crippen LogP contribution in [0.3, 0.4) is 0 Å². The Morgan fingerprint density at radius 3 is 2.75 bits per heavy atom. The molecule has 0 fully saturated rings. The van der Waals surface area contributed by atoms with Crippen LogP contribution in [0.25, 0.3) is 10.7 Å². The van der Waals surface area contributed by atoms with Gasteiger partial charge in [0.25, 0.3) is 0 Å². The fourth-order valence-electron chi connectivity index (χ4n) is 1.60. The molecule has 0 aliphatic carbocycles. The second-order valence-corrected chi connectivity index (χ2v) is 4.76. The Morgan fingerprint density at radius 1 is 1.45 bits per heavy atom. The molecule has 0 saturated heterocycles. The first-order chi connectivity index (χ1) is 9.52. The standard InChI is InChI=1S/C12H14N4O3S/c1-4-13-12(18)19-16-9(7(2)17)5-6-10(16)11-14-8(3)15-20-11/h5-6H,4H2,1-3H3,(H,13,18). The number of nitrogens with one attached hydrogen (secondary N) is 1. The maximum Gasteiger partial charge on any atom is 0.431 e. The second-order valence-electron chi connectivity index (χ2n) is 4.01. The van der Waals surface area contributed by atoms with Crippen LogP contribution in [0.5, 0.6) is 0 Å². The number of hydrogen-bond acceptors (Lipinski definition) is 6. The van der Waals surface area contributed by atoms with Crippen molar-refractivity contribution >= 4 is 23.4 Å². The Hall–Kier alpha value is -2.22. The van der Waals surface area contributed by atoms with Gasteiger partial charge in [-0.2, -0.15) is 9.10 Å². The van der Waals surface area contributed by atoms with Gasteiger partial charge in [0.05, 0.1) is 0 Å². The third-order valence-electron chi connectivity index (χ3n) is 2.44. The molecule has 8 heteroatoms. The van der Waals surface area contributed by atoms with Gasteiger partial charge in [0, 0.05) is 13.5 Å². The van der Waals surface area contributed by atoms with E-state index in [1.54, 1.807) is 26.0 Å². The normalized spacial score (nSPS) is 10.3. The monoisotopic (exact) mass is 294 g/mol. The van der Waals surface area contributed by atoms with Gasteiger partial charge < -0.3 is 10.2 Å². The van der Waals surface area contributed by atoms with Gasteiger partial charge in [-0.1, -0.05) is 0 Å². The van der Waals surface area contributed by atoms with Gasteiger partial charge >= 0.3 is 6.09 Å². The fraction of sp³-hybridized carbons (Fsp3) is 0.333. The summed E-state index contributed by atoms with van der Waals surface area (Å²) in [5.41, 5.74) is 0.797. The van der Waals surface area contributed by atoms with E-state index in [1.165, 1.54) is 23.2 Å². The number of aryl methyl sites for hydroxylation is 1. The Balaban J connectivity index is 2.42. The molecule has 2 aromatic rings. The molecule has 0 bridgehead atoms. The Morgan fingerprint density at radius 2 is 2.20 bits per heavy atom. The van der Waals surface area contributed by atoms with Gasteiger partial charge in [-0.3, -0.25) is 4.79 Å². The number of amides is 1. The van der Waals surface area contributed by atoms with Crippen LogP contribution in [0.1, 0.15) is 30.2 Å². The van der Waals surface area contributed by atoms with Gasteiger partial charge in [-0.25, -0.2) is 9.78 Å². The van der Waals surface area contributed by atoms with E-state index in [-0.39, 0.29) is 11.5 Å². The van der Waals surface area contributed by atoms with E-state index in [0.29, 0.717) is 23.1 Å². The third-order valence-corrected chi connectivity index (χ3v) is 3.27. The smallest absolute Gasteiger partial charge is 0.320 e. The zero-order valence-electron chi connectivity index (χ0n) is 11.3. The van der Waals surface area contributed by atoms with Crippen LogP contribution < -0.4 is 10.2 Å². The fourth-order valence-corrected chi connectivity index (χ4v) is 2.28. The zero-order valence-corrected chi connectivity index (χ0v) is 12.2. The number of rotatable bonds is 4. The predicted molar refractivity (Wildman–Crippen MR) is 73.7 cm³/mol. The van der Waals surface area contributed by atoms with E-state index in [4.69, 9.17) is 4.84 Å². The van der Waals surface area contributed by atoms with Crippen molar-refractivity contribution < 1.29 is 14.4 Å². The van der Waals surface area contributed by atoms with Crippen LogP contribution >= 0.6 is 11.5 Å². The summed E-state index contributed by atoms with van der Waals surface area (Å²) in [5, 5.41) is 3.09. The average molecular weight is 294 g/mol. The number of nitrogens with zero attached hydrogens (tertiary/aromatic N) is 3. The molecular formula is C12H14N4O3S. The van der Waals surface area contributed by atoms with Crippen LogP contribution in [0, 0.1) is 6.92 Å². The number of Topliss-reactive ketones (excluding diaryl/α,β-unsaturated/α-hetero) is 1. The molecule has 0 unspecified atom stereocenters. The van der Waals surface area contributed by atoms with Gasteiger partial charge in [-0.05, 0) is 37.5 Å². The summed E-state index contributed by atoms with van der Waals surface area (Å²) in [6, 6.07) is 3.27. The van der Waals surface area contributed by atoms with E-state index in [9.17, 15) is 9.59 Å². The molecule has 1 N–H and O–H groups in total. The van der Waals surface area contributed by atoms with Crippen molar-refractivity contribution in [1.29, 1.82) is 0 Å². The number of aromatic nitrogens is 3. The van der Waals surface area contributed by atoms with E-state index in [2.05, 4.69) is 14.7 Å². The van der Waals surface area contributed by atoms with E-state index < -0.39 is 6.09 Å². The van der Waals surface area contributed by atoms with E-state index in [0.717, 1.165) is 0 Å². The molecule has 7 nitrogen and oxygen atoms in total. The summed E-state index contributed by atoms with van der Waals surface area (Å²) >= 11 is 1.18. The van der Waals surface area contributed by atoms with Crippen LogP contribution in [0.15, 0.2) is 12.1 Å². The highest BCUT2D eigenvalue weighted by Gasteiger charge is 2.19. The summed E-state index contributed by atoms with van der Waals surface area (Å²) in [6.07, 6.45) is -0.631. The van der Waals surface area contributed by atoms with Crippen LogP contribution in [-0.2, 0) is 0 Å². The summed E-state index contributed by atoms with van der Waals surface area (Å²) in [6.45, 7) is 5.38. The number of ketones is 1. The number of hydrogen-bond donors (Lipinski definition) is 1. The Labute approximate surface area is 119 Å². The molecule has 0 radical (unpaired) electrons. The lowest BCUT2D eigenvalue weighted by Gasteiger charge is -2.10. The second kappa shape index (κ2) is 5.83. The molecular weight excluding hydrogens is 280 g/mol. The van der Waals surface area contributed by atoms with Crippen molar-refractivity contribution in [2.24, 2.45) is 0 Å². The first-order valence-corrected chi connectivity index (χ1v) is 6.79. The van der Waals surface area contributed by atoms with Crippen molar-refractivity contribution in [2.45, 2.75) is 20.8 Å². The highest BCUT2D eigenvalue weighted by Crippen LogP contribution is 2.23. The lowest BCUT2D eigenvalue weighted by molar-refractivity contribution is 0.0959. The highest BCUT2D eigenvalue weighted by molar-refractivity contribution is 7.09. The van der Waals surface area contributed by atoms with Crippen molar-refractivity contribution in [2.75, 3.05) is 6.54 Å². The minimum atomic E-state index is -0.631. The number of carbonyl (C=O) groups excluding carboxylic acids is 2. The molecule has 1 amide bonds. The minimum absolute atomic E-state index is 0.207. The van der Waals surface area contributed by atoms with Gasteiger partial charge in [0.1, 0.15) is 17.2 Å². The molecule has 0 spiro atoms. The zero-order chi connectivity index (χ0) is 14.7. The lowest BCUT2D eigenvalue weighted by atomic mass is 10.3. The predicted octanol–water partition coefficient (Wildman–Crippen LogP) is 1.68. The minimum Gasteiger partial charge on any atom is -0.320 e. The molecule has 0 atom stereocenters. The van der Waals surface area contributed by atoms with Crippen molar-refractivity contribution in [3.05, 3.63) is 23.7 Å². The molecule has 0 aliphatic heterocycles. The Kier molecular flexibility index (Phi) is 4.14. The summed E-state index contributed by atoms with van der Waals surface area (Å²) < 4.78 is 5.27. The first-order valence-electron chi connectivity index (χ1n) is 6.02. The Bertz CT molecular complexity index is 647. The van der Waals surface area contributed by atoms with E-state index >= 15 is 0 Å². The van der Waals surface area contributed by atoms with Crippen molar-refractivity contribution in [1.82, 2.24) is 19.4 Å². The van der Waals surface area contributed by atoms with Gasteiger partial charge in [0.2, 0.25) is 0 Å². The van der Waals surface area contributed by atoms with Crippen molar-refractivity contribution in [3.8, 4) is 10.7 Å². The molecule has 2 heterocycles. The van der Waals surface area contributed by atoms with Crippen LogP contribution in [-0.4, -0.2) is 32.5 Å². The average Bonchev–Trinajstić information content (AvgIpc) is 2.95. The molecule has 0 aliphatic rings.